The lowest BCUT2D eigenvalue weighted by atomic mass is 9.88. The molecule has 1 N–H and O–H groups in total. The van der Waals surface area contributed by atoms with E-state index in [1.54, 1.807) is 0 Å². The Hall–Kier alpha value is -2.17. The van der Waals surface area contributed by atoms with Crippen LogP contribution in [0.4, 0.5) is 0 Å². The Morgan fingerprint density at radius 1 is 0.848 bits per heavy atom. The molecule has 0 aromatic heterocycles. The van der Waals surface area contributed by atoms with Crippen molar-refractivity contribution in [3.63, 3.8) is 0 Å². The van der Waals surface area contributed by atoms with E-state index in [0.29, 0.717) is 23.8 Å². The van der Waals surface area contributed by atoms with Crippen molar-refractivity contribution in [3.8, 4) is 0 Å². The Labute approximate surface area is 199 Å². The quantitative estimate of drug-likeness (QED) is 0.567. The number of rotatable bonds is 9. The van der Waals surface area contributed by atoms with E-state index >= 15 is 0 Å². The Morgan fingerprint density at radius 3 is 2.09 bits per heavy atom. The fourth-order valence-corrected chi connectivity index (χ4v) is 6.50. The van der Waals surface area contributed by atoms with Crippen molar-refractivity contribution in [1.82, 2.24) is 15.1 Å². The molecule has 0 radical (unpaired) electrons. The fourth-order valence-electron chi connectivity index (χ4n) is 6.50. The van der Waals surface area contributed by atoms with Crippen LogP contribution in [-0.2, 0) is 4.79 Å². The van der Waals surface area contributed by atoms with Crippen molar-refractivity contribution in [2.45, 2.75) is 44.6 Å². The molecular formula is C29H39N3O. The molecule has 2 bridgehead atoms. The second-order valence-electron chi connectivity index (χ2n) is 10.4. The van der Waals surface area contributed by atoms with Gasteiger partial charge >= 0.3 is 0 Å². The summed E-state index contributed by atoms with van der Waals surface area (Å²) in [6.45, 7) is 6.40. The van der Waals surface area contributed by atoms with E-state index < -0.39 is 0 Å². The highest BCUT2D eigenvalue weighted by Gasteiger charge is 2.42. The van der Waals surface area contributed by atoms with Gasteiger partial charge in [0.05, 0.1) is 6.04 Å². The molecule has 3 unspecified atom stereocenters. The van der Waals surface area contributed by atoms with E-state index in [4.69, 9.17) is 0 Å². The van der Waals surface area contributed by atoms with Gasteiger partial charge in [0.25, 0.3) is 0 Å². The molecule has 4 nitrogen and oxygen atoms in total. The summed E-state index contributed by atoms with van der Waals surface area (Å²) in [5.41, 5.74) is 2.76. The average Bonchev–Trinajstić information content (AvgIpc) is 3.50. The first kappa shape index (κ1) is 22.6. The maximum atomic E-state index is 12.5. The fraction of sp³-hybridized carbons (Fsp3) is 0.552. The lowest BCUT2D eigenvalue weighted by molar-refractivity contribution is -0.126. The van der Waals surface area contributed by atoms with Gasteiger partial charge in [-0.25, -0.2) is 0 Å². The molecule has 4 heteroatoms. The summed E-state index contributed by atoms with van der Waals surface area (Å²) in [4.78, 5) is 17.7. The van der Waals surface area contributed by atoms with Crippen molar-refractivity contribution < 1.29 is 4.79 Å². The molecule has 2 aliphatic carbocycles. The van der Waals surface area contributed by atoms with E-state index in [1.165, 1.54) is 30.4 Å². The van der Waals surface area contributed by atoms with E-state index in [1.807, 2.05) is 0 Å². The zero-order valence-corrected chi connectivity index (χ0v) is 19.9. The van der Waals surface area contributed by atoms with Crippen LogP contribution in [0.3, 0.4) is 0 Å². The van der Waals surface area contributed by atoms with Crippen LogP contribution >= 0.6 is 0 Å². The van der Waals surface area contributed by atoms with Gasteiger partial charge in [-0.05, 0) is 61.6 Å². The van der Waals surface area contributed by atoms with Crippen LogP contribution in [0.2, 0.25) is 0 Å². The van der Waals surface area contributed by atoms with Crippen LogP contribution in [0, 0.1) is 17.8 Å². The van der Waals surface area contributed by atoms with Crippen LogP contribution < -0.4 is 5.32 Å². The first-order valence-corrected chi connectivity index (χ1v) is 13.1. The van der Waals surface area contributed by atoms with Crippen LogP contribution in [0.15, 0.2) is 60.7 Å². The Morgan fingerprint density at radius 2 is 1.52 bits per heavy atom. The molecule has 176 valence electrons. The molecule has 3 atom stereocenters. The van der Waals surface area contributed by atoms with Crippen LogP contribution in [-0.4, -0.2) is 55.0 Å². The maximum absolute atomic E-state index is 12.5. The average molecular weight is 446 g/mol. The summed E-state index contributed by atoms with van der Waals surface area (Å²) >= 11 is 0. The minimum atomic E-state index is 0.319. The first-order valence-electron chi connectivity index (χ1n) is 13.1. The number of piperazine rings is 1. The number of benzene rings is 2. The van der Waals surface area contributed by atoms with Crippen LogP contribution in [0.1, 0.15) is 55.7 Å². The lowest BCUT2D eigenvalue weighted by Crippen LogP contribution is -2.48. The number of amides is 1. The standard InChI is InChI=1S/C29H39N3O/c33-29(27-22-23-13-14-26(27)21-23)30-15-7-8-16-31-17-19-32(20-18-31)28(24-9-3-1-4-10-24)25-11-5-2-6-12-25/h1-6,9-12,23,26-28H,7-8,13-22H2,(H,30,33). The molecule has 3 fully saturated rings. The lowest BCUT2D eigenvalue weighted by Gasteiger charge is -2.40. The smallest absolute Gasteiger partial charge is 0.223 e. The van der Waals surface area contributed by atoms with Crippen molar-refractivity contribution in [2.24, 2.45) is 17.8 Å². The number of nitrogens with one attached hydrogen (secondary N) is 1. The Bertz CT molecular complexity index is 839. The third-order valence-electron chi connectivity index (χ3n) is 8.28. The summed E-state index contributed by atoms with van der Waals surface area (Å²) in [6.07, 6.45) is 7.34. The minimum absolute atomic E-state index is 0.319. The molecule has 0 spiro atoms. The van der Waals surface area contributed by atoms with Gasteiger partial charge in [0, 0.05) is 38.6 Å². The zero-order chi connectivity index (χ0) is 22.5. The van der Waals surface area contributed by atoms with Crippen LogP contribution in [0.5, 0.6) is 0 Å². The van der Waals surface area contributed by atoms with Gasteiger partial charge in [0.15, 0.2) is 0 Å². The summed E-state index contributed by atoms with van der Waals surface area (Å²) in [5.74, 6) is 2.18. The second-order valence-corrected chi connectivity index (χ2v) is 10.4. The highest BCUT2D eigenvalue weighted by Crippen LogP contribution is 2.48. The molecule has 1 saturated heterocycles. The normalized spacial score (nSPS) is 25.5. The van der Waals surface area contributed by atoms with Crippen molar-refractivity contribution >= 4 is 5.91 Å². The predicted molar refractivity (Wildman–Crippen MR) is 134 cm³/mol. The maximum Gasteiger partial charge on any atom is 0.223 e. The molecule has 5 rings (SSSR count). The van der Waals surface area contributed by atoms with Gasteiger partial charge < -0.3 is 10.2 Å². The summed E-state index contributed by atoms with van der Waals surface area (Å²) in [7, 11) is 0. The molecule has 1 heterocycles. The minimum Gasteiger partial charge on any atom is -0.356 e. The molecule has 33 heavy (non-hydrogen) atoms. The number of carbonyl (C=O) groups excluding carboxylic acids is 1. The molecule has 1 amide bonds. The summed E-state index contributed by atoms with van der Waals surface area (Å²) in [5, 5.41) is 3.24. The SMILES string of the molecule is O=C(NCCCCN1CCN(C(c2ccccc2)c2ccccc2)CC1)C1CC2CCC1C2. The number of fused-ring (bicyclic) bond motifs is 2. The highest BCUT2D eigenvalue weighted by molar-refractivity contribution is 5.79. The first-order chi connectivity index (χ1) is 16.3. The number of unbranched alkanes of at least 4 members (excludes halogenated alkanes) is 1. The second kappa shape index (κ2) is 10.8. The van der Waals surface area contributed by atoms with Crippen molar-refractivity contribution in [2.75, 3.05) is 39.3 Å². The largest absolute Gasteiger partial charge is 0.356 e. The van der Waals surface area contributed by atoms with E-state index in [-0.39, 0.29) is 0 Å². The molecule has 1 aliphatic heterocycles. The summed E-state index contributed by atoms with van der Waals surface area (Å²) < 4.78 is 0. The van der Waals surface area contributed by atoms with Gasteiger partial charge in [-0.15, -0.1) is 0 Å². The van der Waals surface area contributed by atoms with Gasteiger partial charge in [-0.2, -0.15) is 0 Å². The van der Waals surface area contributed by atoms with Gasteiger partial charge in [0.1, 0.15) is 0 Å². The zero-order valence-electron chi connectivity index (χ0n) is 19.9. The van der Waals surface area contributed by atoms with E-state index in [2.05, 4.69) is 75.8 Å². The van der Waals surface area contributed by atoms with E-state index in [0.717, 1.165) is 64.4 Å². The van der Waals surface area contributed by atoms with Crippen LogP contribution in [0.25, 0.3) is 0 Å². The molecule has 2 saturated carbocycles. The van der Waals surface area contributed by atoms with E-state index in [9.17, 15) is 4.79 Å². The molecule has 2 aromatic carbocycles. The molecule has 3 aliphatic rings. The third-order valence-corrected chi connectivity index (χ3v) is 8.28. The number of carbonyl (C=O) groups is 1. The van der Waals surface area contributed by atoms with Gasteiger partial charge in [0.2, 0.25) is 5.91 Å². The Balaban J connectivity index is 1.04. The predicted octanol–water partition coefficient (Wildman–Crippen LogP) is 4.73. The number of nitrogens with zero attached hydrogens (tertiary/aromatic N) is 2. The van der Waals surface area contributed by atoms with Crippen molar-refractivity contribution in [1.29, 1.82) is 0 Å². The summed E-state index contributed by atoms with van der Waals surface area (Å²) in [6, 6.07) is 22.2. The van der Waals surface area contributed by atoms with Gasteiger partial charge in [-0.3, -0.25) is 9.69 Å². The Kier molecular flexibility index (Phi) is 7.43. The number of hydrogen-bond donors (Lipinski definition) is 1. The topological polar surface area (TPSA) is 35.6 Å². The molecule has 2 aromatic rings. The highest BCUT2D eigenvalue weighted by atomic mass is 16.1. The number of hydrogen-bond acceptors (Lipinski definition) is 3. The van der Waals surface area contributed by atoms with Gasteiger partial charge in [-0.1, -0.05) is 67.1 Å². The monoisotopic (exact) mass is 445 g/mol. The van der Waals surface area contributed by atoms with Crippen molar-refractivity contribution in [3.05, 3.63) is 71.8 Å². The molecular weight excluding hydrogens is 406 g/mol. The third kappa shape index (κ3) is 5.50.